The lowest BCUT2D eigenvalue weighted by Crippen LogP contribution is -2.37. The topological polar surface area (TPSA) is 49.9 Å². The van der Waals surface area contributed by atoms with Crippen LogP contribution in [0.5, 0.6) is 5.75 Å². The molecular formula is C22H20Cl2N2O3. The van der Waals surface area contributed by atoms with Gasteiger partial charge in [0.25, 0.3) is 11.8 Å². The SMILES string of the molecule is COc1ccccc1C1=C(N2CCCCC2)C(=O)N(c2cc(Cl)cc(Cl)c2)C1=O. The second-order valence-corrected chi connectivity index (χ2v) is 7.92. The van der Waals surface area contributed by atoms with Crippen molar-refractivity contribution in [3.63, 3.8) is 0 Å². The van der Waals surface area contributed by atoms with Gasteiger partial charge in [-0.15, -0.1) is 0 Å². The second-order valence-electron chi connectivity index (χ2n) is 7.04. The molecule has 2 heterocycles. The highest BCUT2D eigenvalue weighted by atomic mass is 35.5. The summed E-state index contributed by atoms with van der Waals surface area (Å²) in [5.74, 6) is -0.223. The fourth-order valence-corrected chi connectivity index (χ4v) is 4.44. The van der Waals surface area contributed by atoms with Crippen molar-refractivity contribution in [3.05, 3.63) is 63.8 Å². The Morgan fingerprint density at radius 2 is 1.55 bits per heavy atom. The minimum absolute atomic E-state index is 0.352. The number of hydrogen-bond donors (Lipinski definition) is 0. The first-order valence-corrected chi connectivity index (χ1v) is 10.2. The van der Waals surface area contributed by atoms with E-state index < -0.39 is 5.91 Å². The summed E-state index contributed by atoms with van der Waals surface area (Å²) in [6.07, 6.45) is 3.07. The minimum atomic E-state index is -0.404. The lowest BCUT2D eigenvalue weighted by Gasteiger charge is -2.29. The lowest BCUT2D eigenvalue weighted by atomic mass is 10.0. The molecule has 0 saturated carbocycles. The van der Waals surface area contributed by atoms with Crippen LogP contribution >= 0.6 is 23.2 Å². The molecule has 2 aliphatic heterocycles. The van der Waals surface area contributed by atoms with Crippen molar-refractivity contribution in [2.75, 3.05) is 25.1 Å². The molecule has 0 radical (unpaired) electrons. The Kier molecular flexibility index (Phi) is 5.52. The van der Waals surface area contributed by atoms with Gasteiger partial charge in [0.15, 0.2) is 0 Å². The van der Waals surface area contributed by atoms with Gasteiger partial charge in [0.1, 0.15) is 11.4 Å². The average Bonchev–Trinajstić information content (AvgIpc) is 2.97. The zero-order chi connectivity index (χ0) is 20.5. The van der Waals surface area contributed by atoms with E-state index in [4.69, 9.17) is 27.9 Å². The molecule has 0 atom stereocenters. The number of hydrogen-bond acceptors (Lipinski definition) is 4. The van der Waals surface area contributed by atoms with Gasteiger partial charge in [-0.05, 0) is 43.5 Å². The fourth-order valence-electron chi connectivity index (χ4n) is 3.93. The zero-order valence-corrected chi connectivity index (χ0v) is 17.5. The highest BCUT2D eigenvalue weighted by molar-refractivity contribution is 6.46. The highest BCUT2D eigenvalue weighted by Crippen LogP contribution is 2.40. The molecule has 2 aliphatic rings. The maximum atomic E-state index is 13.5. The third-order valence-electron chi connectivity index (χ3n) is 5.21. The van der Waals surface area contributed by atoms with Gasteiger partial charge in [0.2, 0.25) is 0 Å². The number of methoxy groups -OCH3 is 1. The number of halogens is 2. The number of anilines is 1. The van der Waals surface area contributed by atoms with Gasteiger partial charge in [0.05, 0.1) is 18.4 Å². The molecule has 0 N–H and O–H groups in total. The molecule has 7 heteroatoms. The Bertz CT molecular complexity index is 993. The van der Waals surface area contributed by atoms with Crippen LogP contribution in [0.1, 0.15) is 24.8 Å². The number of ether oxygens (including phenoxy) is 1. The van der Waals surface area contributed by atoms with Crippen molar-refractivity contribution in [1.29, 1.82) is 0 Å². The van der Waals surface area contributed by atoms with Crippen LogP contribution in [0.15, 0.2) is 48.2 Å². The van der Waals surface area contributed by atoms with Crippen molar-refractivity contribution in [2.24, 2.45) is 0 Å². The molecule has 1 fully saturated rings. The zero-order valence-electron chi connectivity index (χ0n) is 16.0. The summed E-state index contributed by atoms with van der Waals surface area (Å²) in [7, 11) is 1.55. The molecule has 5 nitrogen and oxygen atoms in total. The van der Waals surface area contributed by atoms with Crippen molar-refractivity contribution in [2.45, 2.75) is 19.3 Å². The van der Waals surface area contributed by atoms with Crippen LogP contribution in [-0.2, 0) is 9.59 Å². The Hall–Kier alpha value is -2.50. The molecule has 2 aromatic rings. The Labute approximate surface area is 179 Å². The van der Waals surface area contributed by atoms with Crippen molar-refractivity contribution in [3.8, 4) is 5.75 Å². The summed E-state index contributed by atoms with van der Waals surface area (Å²) in [5.41, 5.74) is 1.72. The van der Waals surface area contributed by atoms with Crippen LogP contribution in [0.2, 0.25) is 10.0 Å². The number of carbonyl (C=O) groups excluding carboxylic acids is 2. The number of imide groups is 1. The standard InChI is InChI=1S/C22H20Cl2N2O3/c1-29-18-8-4-3-7-17(18)19-20(25-9-5-2-6-10-25)22(28)26(21(19)27)16-12-14(23)11-15(24)13-16/h3-4,7-8,11-13H,2,5-6,9-10H2,1H3. The number of likely N-dealkylation sites (tertiary alicyclic amines) is 1. The Morgan fingerprint density at radius 3 is 2.21 bits per heavy atom. The maximum Gasteiger partial charge on any atom is 0.282 e. The number of carbonyl (C=O) groups is 2. The summed E-state index contributed by atoms with van der Waals surface area (Å²) in [4.78, 5) is 30.2. The average molecular weight is 431 g/mol. The van der Waals surface area contributed by atoms with Gasteiger partial charge in [-0.3, -0.25) is 9.59 Å². The number of piperidine rings is 1. The first kappa shape index (κ1) is 19.8. The number of nitrogens with zero attached hydrogens (tertiary/aromatic N) is 2. The molecular weight excluding hydrogens is 411 g/mol. The van der Waals surface area contributed by atoms with Crippen LogP contribution in [0.4, 0.5) is 5.69 Å². The highest BCUT2D eigenvalue weighted by Gasteiger charge is 2.43. The van der Waals surface area contributed by atoms with Crippen molar-refractivity contribution >= 4 is 46.3 Å². The van der Waals surface area contributed by atoms with Gasteiger partial charge < -0.3 is 9.64 Å². The molecule has 150 valence electrons. The van der Waals surface area contributed by atoms with Crippen molar-refractivity contribution < 1.29 is 14.3 Å². The lowest BCUT2D eigenvalue weighted by molar-refractivity contribution is -0.120. The third-order valence-corrected chi connectivity index (χ3v) is 5.65. The number of benzene rings is 2. The van der Waals surface area contributed by atoms with E-state index in [1.54, 1.807) is 37.4 Å². The summed E-state index contributed by atoms with van der Waals surface area (Å²) >= 11 is 12.3. The van der Waals surface area contributed by atoms with E-state index in [9.17, 15) is 9.59 Å². The summed E-state index contributed by atoms with van der Waals surface area (Å²) in [5, 5.41) is 0.719. The number of para-hydroxylation sites is 1. The van der Waals surface area contributed by atoms with Gasteiger partial charge in [-0.1, -0.05) is 41.4 Å². The van der Waals surface area contributed by atoms with E-state index in [0.717, 1.165) is 37.3 Å². The predicted octanol–water partition coefficient (Wildman–Crippen LogP) is 4.77. The van der Waals surface area contributed by atoms with Crippen LogP contribution in [0, 0.1) is 0 Å². The maximum absolute atomic E-state index is 13.5. The monoisotopic (exact) mass is 430 g/mol. The van der Waals surface area contributed by atoms with E-state index in [-0.39, 0.29) is 5.91 Å². The fraction of sp³-hybridized carbons (Fsp3) is 0.273. The molecule has 2 aromatic carbocycles. The molecule has 0 aromatic heterocycles. The van der Waals surface area contributed by atoms with Gasteiger partial charge >= 0.3 is 0 Å². The van der Waals surface area contributed by atoms with Crippen molar-refractivity contribution in [1.82, 2.24) is 4.90 Å². The second kappa shape index (κ2) is 8.09. The summed E-state index contributed by atoms with van der Waals surface area (Å²) in [6, 6.07) is 12.0. The number of amides is 2. The summed E-state index contributed by atoms with van der Waals surface area (Å²) < 4.78 is 5.48. The van der Waals surface area contributed by atoms with Crippen LogP contribution < -0.4 is 9.64 Å². The summed E-state index contributed by atoms with van der Waals surface area (Å²) in [6.45, 7) is 1.47. The van der Waals surface area contributed by atoms with Crippen LogP contribution in [0.25, 0.3) is 5.57 Å². The predicted molar refractivity (Wildman–Crippen MR) is 114 cm³/mol. The smallest absolute Gasteiger partial charge is 0.282 e. The van der Waals surface area contributed by atoms with E-state index in [1.807, 2.05) is 17.0 Å². The Balaban J connectivity index is 1.88. The minimum Gasteiger partial charge on any atom is -0.496 e. The van der Waals surface area contributed by atoms with Crippen LogP contribution in [0.3, 0.4) is 0 Å². The quantitative estimate of drug-likeness (QED) is 0.655. The molecule has 0 bridgehead atoms. The molecule has 0 aliphatic carbocycles. The van der Waals surface area contributed by atoms with Gasteiger partial charge in [0, 0.05) is 28.7 Å². The molecule has 2 amide bonds. The molecule has 29 heavy (non-hydrogen) atoms. The van der Waals surface area contributed by atoms with E-state index in [2.05, 4.69) is 0 Å². The van der Waals surface area contributed by atoms with Crippen LogP contribution in [-0.4, -0.2) is 36.9 Å². The first-order valence-electron chi connectivity index (χ1n) is 9.48. The van der Waals surface area contributed by atoms with E-state index in [0.29, 0.717) is 38.3 Å². The molecule has 0 unspecified atom stereocenters. The Morgan fingerprint density at radius 1 is 0.897 bits per heavy atom. The van der Waals surface area contributed by atoms with E-state index in [1.165, 1.54) is 0 Å². The van der Waals surface area contributed by atoms with Gasteiger partial charge in [-0.25, -0.2) is 4.90 Å². The largest absolute Gasteiger partial charge is 0.496 e. The number of rotatable bonds is 4. The third kappa shape index (κ3) is 3.61. The molecule has 0 spiro atoms. The first-order chi connectivity index (χ1) is 14.0. The van der Waals surface area contributed by atoms with E-state index >= 15 is 0 Å². The van der Waals surface area contributed by atoms with Gasteiger partial charge in [-0.2, -0.15) is 0 Å². The molecule has 4 rings (SSSR count). The normalized spacial score (nSPS) is 17.3. The molecule has 1 saturated heterocycles.